The molecule has 4 atom stereocenters. The largest absolute Gasteiger partial charge is 0.274 e. The number of imide groups is 1. The molecule has 2 saturated heterocycles. The van der Waals surface area contributed by atoms with Gasteiger partial charge in [0.15, 0.2) is 0 Å². The Kier molecular flexibility index (Phi) is 4.33. The van der Waals surface area contributed by atoms with E-state index in [9.17, 15) is 9.59 Å². The van der Waals surface area contributed by atoms with Crippen molar-refractivity contribution in [1.29, 1.82) is 0 Å². The molecule has 4 unspecified atom stereocenters. The summed E-state index contributed by atoms with van der Waals surface area (Å²) < 4.78 is -0.345. The van der Waals surface area contributed by atoms with Gasteiger partial charge >= 0.3 is 0 Å². The van der Waals surface area contributed by atoms with Gasteiger partial charge in [0.1, 0.15) is 9.33 Å². The molecule has 0 aromatic heterocycles. The first-order valence-corrected chi connectivity index (χ1v) is 12.9. The van der Waals surface area contributed by atoms with Gasteiger partial charge in [-0.25, -0.2) is 4.90 Å². The molecule has 4 aliphatic rings. The molecule has 2 aromatic rings. The summed E-state index contributed by atoms with van der Waals surface area (Å²) in [6, 6.07) is 17.9. The Labute approximate surface area is 183 Å². The van der Waals surface area contributed by atoms with Crippen LogP contribution in [-0.4, -0.2) is 27.6 Å². The summed E-state index contributed by atoms with van der Waals surface area (Å²) in [6.07, 6.45) is 5.00. The zero-order chi connectivity index (χ0) is 19.6. The summed E-state index contributed by atoms with van der Waals surface area (Å²) in [7, 11) is 0. The van der Waals surface area contributed by atoms with Crippen molar-refractivity contribution in [1.82, 2.24) is 0 Å². The second-order valence-electron chi connectivity index (χ2n) is 8.12. The standard InChI is InChI=1S/C23H21NO2S3/c25-21-19-20(22(26)24(21)14-8-2-1-3-9-14)27-16-11-5-4-10-15(16)23(19)28-17-12-6-7-13-18(17)29-23/h1-5,8-11,17-20H,6-7,12-13H2. The second kappa shape index (κ2) is 6.82. The summed E-state index contributed by atoms with van der Waals surface area (Å²) in [6.45, 7) is 0. The minimum absolute atomic E-state index is 0.0214. The van der Waals surface area contributed by atoms with E-state index in [1.54, 1.807) is 11.8 Å². The van der Waals surface area contributed by atoms with E-state index in [1.165, 1.54) is 41.0 Å². The third kappa shape index (κ3) is 2.61. The van der Waals surface area contributed by atoms with Crippen LogP contribution in [0.5, 0.6) is 0 Å². The molecule has 3 heterocycles. The summed E-state index contributed by atoms with van der Waals surface area (Å²) >= 11 is 5.57. The number of rotatable bonds is 1. The molecule has 148 valence electrons. The number of benzene rings is 2. The lowest BCUT2D eigenvalue weighted by Gasteiger charge is -2.40. The molecule has 0 radical (unpaired) electrons. The third-order valence-electron chi connectivity index (χ3n) is 6.49. The lowest BCUT2D eigenvalue weighted by atomic mass is 9.95. The quantitative estimate of drug-likeness (QED) is 0.564. The Morgan fingerprint density at radius 3 is 2.21 bits per heavy atom. The summed E-state index contributed by atoms with van der Waals surface area (Å²) in [4.78, 5) is 29.9. The van der Waals surface area contributed by atoms with E-state index >= 15 is 0 Å². The first-order chi connectivity index (χ1) is 14.2. The Bertz CT molecular complexity index is 981. The Morgan fingerprint density at radius 2 is 1.48 bits per heavy atom. The Balaban J connectivity index is 1.50. The maximum absolute atomic E-state index is 13.8. The predicted molar refractivity (Wildman–Crippen MR) is 121 cm³/mol. The van der Waals surface area contributed by atoms with Gasteiger partial charge in [0.2, 0.25) is 11.8 Å². The van der Waals surface area contributed by atoms with Gasteiger partial charge in [0, 0.05) is 15.4 Å². The maximum Gasteiger partial charge on any atom is 0.248 e. The number of thioether (sulfide) groups is 3. The molecule has 2 aromatic carbocycles. The second-order valence-corrected chi connectivity index (χ2v) is 12.5. The third-order valence-corrected chi connectivity index (χ3v) is 12.0. The average molecular weight is 440 g/mol. The summed E-state index contributed by atoms with van der Waals surface area (Å²) in [5.41, 5.74) is 1.95. The van der Waals surface area contributed by atoms with Crippen LogP contribution in [0.25, 0.3) is 0 Å². The fraction of sp³-hybridized carbons (Fsp3) is 0.391. The highest BCUT2D eigenvalue weighted by Crippen LogP contribution is 2.70. The van der Waals surface area contributed by atoms with Gasteiger partial charge < -0.3 is 0 Å². The van der Waals surface area contributed by atoms with Crippen LogP contribution >= 0.6 is 35.3 Å². The zero-order valence-electron chi connectivity index (χ0n) is 15.8. The van der Waals surface area contributed by atoms with Crippen molar-refractivity contribution >= 4 is 52.8 Å². The lowest BCUT2D eigenvalue weighted by molar-refractivity contribution is -0.122. The SMILES string of the molecule is O=C1C2Sc3ccccc3C3(SC4CCCCC4S3)C2C(=O)N1c1ccccc1. The van der Waals surface area contributed by atoms with Gasteiger partial charge in [-0.1, -0.05) is 49.2 Å². The highest BCUT2D eigenvalue weighted by atomic mass is 32.2. The molecule has 3 fully saturated rings. The average Bonchev–Trinajstić information content (AvgIpc) is 3.25. The van der Waals surface area contributed by atoms with Crippen LogP contribution in [0.1, 0.15) is 31.2 Å². The van der Waals surface area contributed by atoms with Crippen LogP contribution in [-0.2, 0) is 13.7 Å². The van der Waals surface area contributed by atoms with Crippen LogP contribution < -0.4 is 4.90 Å². The molecule has 1 aliphatic carbocycles. The smallest absolute Gasteiger partial charge is 0.248 e. The van der Waals surface area contributed by atoms with Gasteiger partial charge in [0.05, 0.1) is 11.6 Å². The fourth-order valence-electron chi connectivity index (χ4n) is 5.20. The molecular weight excluding hydrogens is 418 g/mol. The van der Waals surface area contributed by atoms with Gasteiger partial charge in [-0.15, -0.1) is 35.3 Å². The lowest BCUT2D eigenvalue weighted by Crippen LogP contribution is -2.41. The number of nitrogens with zero attached hydrogens (tertiary/aromatic N) is 1. The van der Waals surface area contributed by atoms with Gasteiger partial charge in [-0.05, 0) is 36.6 Å². The fourth-order valence-corrected chi connectivity index (χ4v) is 11.7. The van der Waals surface area contributed by atoms with Crippen LogP contribution in [0, 0.1) is 5.92 Å². The van der Waals surface area contributed by atoms with E-state index in [-0.39, 0.29) is 27.1 Å². The van der Waals surface area contributed by atoms with E-state index in [2.05, 4.69) is 18.2 Å². The molecule has 3 aliphatic heterocycles. The van der Waals surface area contributed by atoms with E-state index in [1.807, 2.05) is 59.9 Å². The molecular formula is C23H21NO2S3. The highest BCUT2D eigenvalue weighted by molar-refractivity contribution is 8.21. The molecule has 3 nitrogen and oxygen atoms in total. The van der Waals surface area contributed by atoms with Crippen molar-refractivity contribution in [2.24, 2.45) is 5.92 Å². The van der Waals surface area contributed by atoms with Crippen LogP contribution in [0.4, 0.5) is 5.69 Å². The number of hydrogen-bond donors (Lipinski definition) is 0. The Hall–Kier alpha value is -1.37. The zero-order valence-corrected chi connectivity index (χ0v) is 18.3. The molecule has 1 spiro atoms. The first-order valence-electron chi connectivity index (χ1n) is 10.2. The minimum Gasteiger partial charge on any atom is -0.274 e. The molecule has 0 bridgehead atoms. The van der Waals surface area contributed by atoms with Gasteiger partial charge in [-0.3, -0.25) is 9.59 Å². The topological polar surface area (TPSA) is 37.4 Å². The minimum atomic E-state index is -0.345. The molecule has 29 heavy (non-hydrogen) atoms. The monoisotopic (exact) mass is 439 g/mol. The number of hydrogen-bond acceptors (Lipinski definition) is 5. The first kappa shape index (κ1) is 18.4. The van der Waals surface area contributed by atoms with Crippen molar-refractivity contribution in [2.45, 2.75) is 50.4 Å². The van der Waals surface area contributed by atoms with Crippen LogP contribution in [0.3, 0.4) is 0 Å². The molecule has 6 heteroatoms. The van der Waals surface area contributed by atoms with Crippen molar-refractivity contribution in [3.05, 3.63) is 60.2 Å². The Morgan fingerprint density at radius 1 is 0.828 bits per heavy atom. The highest BCUT2D eigenvalue weighted by Gasteiger charge is 2.66. The van der Waals surface area contributed by atoms with E-state index in [4.69, 9.17) is 0 Å². The van der Waals surface area contributed by atoms with Crippen molar-refractivity contribution in [3.63, 3.8) is 0 Å². The number of fused-ring (bicyclic) bond motifs is 5. The van der Waals surface area contributed by atoms with E-state index in [0.29, 0.717) is 16.2 Å². The molecule has 0 N–H and O–H groups in total. The summed E-state index contributed by atoms with van der Waals surface area (Å²) in [5, 5.41) is 0.830. The van der Waals surface area contributed by atoms with Crippen LogP contribution in [0.2, 0.25) is 0 Å². The van der Waals surface area contributed by atoms with Crippen molar-refractivity contribution in [2.75, 3.05) is 4.90 Å². The normalized spacial score (nSPS) is 35.5. The van der Waals surface area contributed by atoms with Crippen molar-refractivity contribution in [3.8, 4) is 0 Å². The molecule has 1 saturated carbocycles. The predicted octanol–water partition coefficient (Wildman–Crippen LogP) is 5.29. The number of para-hydroxylation sites is 1. The van der Waals surface area contributed by atoms with Crippen LogP contribution in [0.15, 0.2) is 59.5 Å². The number of carbonyl (C=O) groups is 2. The van der Waals surface area contributed by atoms with Gasteiger partial charge in [0.25, 0.3) is 0 Å². The van der Waals surface area contributed by atoms with E-state index in [0.717, 1.165) is 0 Å². The maximum atomic E-state index is 13.8. The van der Waals surface area contributed by atoms with E-state index < -0.39 is 0 Å². The van der Waals surface area contributed by atoms with Gasteiger partial charge in [-0.2, -0.15) is 0 Å². The van der Waals surface area contributed by atoms with Crippen molar-refractivity contribution < 1.29 is 9.59 Å². The number of amides is 2. The number of anilines is 1. The summed E-state index contributed by atoms with van der Waals surface area (Å²) in [5.74, 6) is -0.385. The molecule has 6 rings (SSSR count). The molecule has 2 amide bonds. The number of carbonyl (C=O) groups excluding carboxylic acids is 2.